The van der Waals surface area contributed by atoms with Crippen molar-refractivity contribution in [2.24, 2.45) is 0 Å². The summed E-state index contributed by atoms with van der Waals surface area (Å²) in [6.07, 6.45) is 0. The number of halogens is 1. The minimum atomic E-state index is -4.11. The summed E-state index contributed by atoms with van der Waals surface area (Å²) in [6, 6.07) is 10.6. The quantitative estimate of drug-likeness (QED) is 0.677. The molecule has 21 heavy (non-hydrogen) atoms. The second kappa shape index (κ2) is 5.98. The molecule has 0 saturated carbocycles. The van der Waals surface area contributed by atoms with Gasteiger partial charge >= 0.3 is 0 Å². The van der Waals surface area contributed by atoms with Crippen LogP contribution in [0.5, 0.6) is 0 Å². The molecule has 0 aliphatic heterocycles. The lowest BCUT2D eigenvalue weighted by Gasteiger charge is -2.07. The zero-order valence-electron chi connectivity index (χ0n) is 10.7. The average molecular weight is 310 g/mol. The van der Waals surface area contributed by atoms with E-state index >= 15 is 0 Å². The van der Waals surface area contributed by atoms with Crippen LogP contribution in [0.25, 0.3) is 0 Å². The highest BCUT2D eigenvalue weighted by Gasteiger charge is 2.24. The van der Waals surface area contributed by atoms with Crippen LogP contribution in [0.2, 0.25) is 0 Å². The highest BCUT2D eigenvalue weighted by atomic mass is 32.2. The van der Waals surface area contributed by atoms with Crippen LogP contribution < -0.4 is 4.72 Å². The molecular formula is C13H11FN2O4S. The number of hydrogen-bond acceptors (Lipinski definition) is 4. The van der Waals surface area contributed by atoms with Gasteiger partial charge in [-0.15, -0.1) is 0 Å². The SMILES string of the molecule is O=[N+]([O-])c1ccccc1S(=O)(=O)NCc1ccccc1F. The predicted molar refractivity (Wildman–Crippen MR) is 73.5 cm³/mol. The molecule has 2 aromatic rings. The van der Waals surface area contributed by atoms with Crippen molar-refractivity contribution in [1.82, 2.24) is 4.72 Å². The van der Waals surface area contributed by atoms with Crippen molar-refractivity contribution in [3.8, 4) is 0 Å². The Kier molecular flexibility index (Phi) is 4.29. The minimum Gasteiger partial charge on any atom is -0.258 e. The van der Waals surface area contributed by atoms with Crippen LogP contribution in [0.4, 0.5) is 10.1 Å². The smallest absolute Gasteiger partial charge is 0.258 e. The van der Waals surface area contributed by atoms with Crippen molar-refractivity contribution >= 4 is 15.7 Å². The Hall–Kier alpha value is -2.32. The van der Waals surface area contributed by atoms with Gasteiger partial charge in [-0.1, -0.05) is 30.3 Å². The van der Waals surface area contributed by atoms with Crippen molar-refractivity contribution < 1.29 is 17.7 Å². The summed E-state index contributed by atoms with van der Waals surface area (Å²) in [5.74, 6) is -0.553. The van der Waals surface area contributed by atoms with Crippen molar-refractivity contribution in [3.63, 3.8) is 0 Å². The molecule has 2 rings (SSSR count). The van der Waals surface area contributed by atoms with Crippen LogP contribution in [0.3, 0.4) is 0 Å². The van der Waals surface area contributed by atoms with Gasteiger partial charge in [-0.25, -0.2) is 17.5 Å². The van der Waals surface area contributed by atoms with E-state index in [0.717, 1.165) is 12.1 Å². The lowest BCUT2D eigenvalue weighted by atomic mass is 10.2. The van der Waals surface area contributed by atoms with Crippen LogP contribution in [0.1, 0.15) is 5.56 Å². The lowest BCUT2D eigenvalue weighted by Crippen LogP contribution is -2.24. The molecule has 0 heterocycles. The van der Waals surface area contributed by atoms with E-state index in [9.17, 15) is 22.9 Å². The Morgan fingerprint density at radius 2 is 1.71 bits per heavy atom. The molecule has 0 radical (unpaired) electrons. The Balaban J connectivity index is 2.28. The van der Waals surface area contributed by atoms with Gasteiger partial charge in [0.1, 0.15) is 5.82 Å². The van der Waals surface area contributed by atoms with E-state index < -0.39 is 31.3 Å². The normalized spacial score (nSPS) is 11.3. The average Bonchev–Trinajstić information content (AvgIpc) is 2.46. The molecule has 0 amide bonds. The summed E-state index contributed by atoms with van der Waals surface area (Å²) in [7, 11) is -4.11. The van der Waals surface area contributed by atoms with Crippen LogP contribution in [0, 0.1) is 15.9 Å². The highest BCUT2D eigenvalue weighted by Crippen LogP contribution is 2.22. The summed E-state index contributed by atoms with van der Waals surface area (Å²) in [5.41, 5.74) is -0.377. The number of nitro groups is 1. The van der Waals surface area contributed by atoms with E-state index in [2.05, 4.69) is 4.72 Å². The number of nitrogens with one attached hydrogen (secondary N) is 1. The zero-order valence-corrected chi connectivity index (χ0v) is 11.5. The molecule has 0 unspecified atom stereocenters. The molecule has 8 heteroatoms. The molecule has 6 nitrogen and oxygen atoms in total. The summed E-state index contributed by atoms with van der Waals surface area (Å²) >= 11 is 0. The Labute approximate surface area is 120 Å². The molecule has 0 aromatic heterocycles. The first-order valence-electron chi connectivity index (χ1n) is 5.88. The van der Waals surface area contributed by atoms with Gasteiger partial charge in [-0.05, 0) is 12.1 Å². The molecule has 0 atom stereocenters. The lowest BCUT2D eigenvalue weighted by molar-refractivity contribution is -0.387. The van der Waals surface area contributed by atoms with Crippen LogP contribution in [-0.4, -0.2) is 13.3 Å². The highest BCUT2D eigenvalue weighted by molar-refractivity contribution is 7.89. The number of rotatable bonds is 5. The third-order valence-electron chi connectivity index (χ3n) is 2.76. The van der Waals surface area contributed by atoms with Crippen molar-refractivity contribution in [2.45, 2.75) is 11.4 Å². The van der Waals surface area contributed by atoms with E-state index in [0.29, 0.717) is 0 Å². The van der Waals surface area contributed by atoms with Gasteiger partial charge in [0.15, 0.2) is 4.90 Å². The molecular weight excluding hydrogens is 299 g/mol. The van der Waals surface area contributed by atoms with Crippen molar-refractivity contribution in [2.75, 3.05) is 0 Å². The zero-order chi connectivity index (χ0) is 15.5. The molecule has 0 aliphatic rings. The fourth-order valence-corrected chi connectivity index (χ4v) is 2.90. The standard InChI is InChI=1S/C13H11FN2O4S/c14-11-6-2-1-5-10(11)9-15-21(19,20)13-8-4-3-7-12(13)16(17)18/h1-8,15H,9H2. The molecule has 0 fully saturated rings. The number of hydrogen-bond donors (Lipinski definition) is 1. The summed E-state index contributed by atoms with van der Waals surface area (Å²) in [5, 5.41) is 10.9. The molecule has 0 bridgehead atoms. The van der Waals surface area contributed by atoms with Gasteiger partial charge in [0.25, 0.3) is 5.69 Å². The Bertz CT molecular complexity index is 777. The van der Waals surface area contributed by atoms with Gasteiger partial charge in [0.05, 0.1) is 4.92 Å². The van der Waals surface area contributed by atoms with Crippen LogP contribution in [0.15, 0.2) is 53.4 Å². The maximum Gasteiger partial charge on any atom is 0.289 e. The largest absolute Gasteiger partial charge is 0.289 e. The Morgan fingerprint density at radius 1 is 1.10 bits per heavy atom. The topological polar surface area (TPSA) is 89.3 Å². The number of nitrogens with zero attached hydrogens (tertiary/aromatic N) is 1. The summed E-state index contributed by atoms with van der Waals surface area (Å²) in [4.78, 5) is 9.62. The molecule has 110 valence electrons. The number of sulfonamides is 1. The number of benzene rings is 2. The first kappa shape index (κ1) is 15.1. The van der Waals surface area contributed by atoms with Gasteiger partial charge in [0.2, 0.25) is 10.0 Å². The molecule has 2 aromatic carbocycles. The van der Waals surface area contributed by atoms with Gasteiger partial charge < -0.3 is 0 Å². The van der Waals surface area contributed by atoms with Crippen molar-refractivity contribution in [1.29, 1.82) is 0 Å². The third kappa shape index (κ3) is 3.41. The second-order valence-electron chi connectivity index (χ2n) is 4.14. The molecule has 0 aliphatic carbocycles. The molecule has 0 saturated heterocycles. The summed E-state index contributed by atoms with van der Waals surface area (Å²) < 4.78 is 39.8. The van der Waals surface area contributed by atoms with Gasteiger partial charge in [-0.2, -0.15) is 0 Å². The molecule has 1 N–H and O–H groups in total. The van der Waals surface area contributed by atoms with E-state index in [1.54, 1.807) is 6.07 Å². The van der Waals surface area contributed by atoms with E-state index in [1.165, 1.54) is 30.3 Å². The van der Waals surface area contributed by atoms with E-state index in [1.807, 2.05) is 0 Å². The fraction of sp³-hybridized carbons (Fsp3) is 0.0769. The number of nitro benzene ring substituents is 1. The minimum absolute atomic E-state index is 0.152. The summed E-state index contributed by atoms with van der Waals surface area (Å²) in [6.45, 7) is -0.291. The molecule has 0 spiro atoms. The number of para-hydroxylation sites is 1. The van der Waals surface area contributed by atoms with Gasteiger partial charge in [0, 0.05) is 18.2 Å². The maximum atomic E-state index is 13.4. The van der Waals surface area contributed by atoms with Gasteiger partial charge in [-0.3, -0.25) is 10.1 Å². The van der Waals surface area contributed by atoms with E-state index in [-0.39, 0.29) is 12.1 Å². The Morgan fingerprint density at radius 3 is 2.38 bits per heavy atom. The first-order chi connectivity index (χ1) is 9.92. The fourth-order valence-electron chi connectivity index (χ4n) is 1.73. The predicted octanol–water partition coefficient (Wildman–Crippen LogP) is 2.21. The van der Waals surface area contributed by atoms with Crippen molar-refractivity contribution in [3.05, 3.63) is 70.0 Å². The van der Waals surface area contributed by atoms with Crippen LogP contribution >= 0.6 is 0 Å². The first-order valence-corrected chi connectivity index (χ1v) is 7.36. The monoisotopic (exact) mass is 310 g/mol. The maximum absolute atomic E-state index is 13.4. The van der Waals surface area contributed by atoms with E-state index in [4.69, 9.17) is 0 Å². The third-order valence-corrected chi connectivity index (χ3v) is 4.21. The van der Waals surface area contributed by atoms with Crippen LogP contribution in [-0.2, 0) is 16.6 Å². The second-order valence-corrected chi connectivity index (χ2v) is 5.88.